The first-order valence-electron chi connectivity index (χ1n) is 12.5. The summed E-state index contributed by atoms with van der Waals surface area (Å²) in [7, 11) is 0. The van der Waals surface area contributed by atoms with E-state index in [-0.39, 0.29) is 29.9 Å². The van der Waals surface area contributed by atoms with Crippen LogP contribution >= 0.6 is 0 Å². The van der Waals surface area contributed by atoms with Crippen LogP contribution in [0.3, 0.4) is 0 Å². The molecule has 1 heterocycles. The maximum atomic E-state index is 14.3. The zero-order valence-electron chi connectivity index (χ0n) is 22.0. The number of carbonyl (C=O) groups is 3. The number of anilines is 1. The number of amides is 3. The number of ether oxygens (including phenoxy) is 2. The van der Waals surface area contributed by atoms with Crippen LogP contribution < -0.4 is 10.6 Å². The molecule has 4 rings (SSSR count). The monoisotopic (exact) mass is 555 g/mol. The van der Waals surface area contributed by atoms with Gasteiger partial charge < -0.3 is 25.0 Å². The van der Waals surface area contributed by atoms with Gasteiger partial charge in [-0.25, -0.2) is 27.6 Å². The molecule has 40 heavy (non-hydrogen) atoms. The van der Waals surface area contributed by atoms with E-state index in [0.717, 1.165) is 12.1 Å². The summed E-state index contributed by atoms with van der Waals surface area (Å²) in [5.74, 6) is -2.95. The lowest BCUT2D eigenvalue weighted by Gasteiger charge is -2.24. The first kappa shape index (κ1) is 28.5. The third-order valence-corrected chi connectivity index (χ3v) is 5.96. The van der Waals surface area contributed by atoms with Gasteiger partial charge in [0.15, 0.2) is 0 Å². The predicted octanol–water partition coefficient (Wildman–Crippen LogP) is 5.74. The molecule has 2 N–H and O–H groups in total. The fourth-order valence-corrected chi connectivity index (χ4v) is 4.14. The van der Waals surface area contributed by atoms with Crippen LogP contribution in [0.25, 0.3) is 11.1 Å². The van der Waals surface area contributed by atoms with Crippen molar-refractivity contribution in [1.82, 2.24) is 10.2 Å². The minimum absolute atomic E-state index is 0.0433. The molecule has 0 spiro atoms. The Labute approximate surface area is 229 Å². The van der Waals surface area contributed by atoms with Gasteiger partial charge in [-0.2, -0.15) is 0 Å². The quantitative estimate of drug-likeness (QED) is 0.392. The van der Waals surface area contributed by atoms with Gasteiger partial charge in [0.1, 0.15) is 29.2 Å². The van der Waals surface area contributed by atoms with Gasteiger partial charge in [0.2, 0.25) is 0 Å². The van der Waals surface area contributed by atoms with E-state index in [1.165, 1.54) is 47.4 Å². The molecule has 0 saturated carbocycles. The summed E-state index contributed by atoms with van der Waals surface area (Å²) in [6.45, 7) is 4.98. The van der Waals surface area contributed by atoms with E-state index in [4.69, 9.17) is 9.47 Å². The van der Waals surface area contributed by atoms with E-state index in [9.17, 15) is 27.6 Å². The Kier molecular flexibility index (Phi) is 8.32. The van der Waals surface area contributed by atoms with Gasteiger partial charge in [-0.3, -0.25) is 0 Å². The van der Waals surface area contributed by atoms with Crippen LogP contribution in [0.4, 0.5) is 28.4 Å². The van der Waals surface area contributed by atoms with E-state index in [0.29, 0.717) is 5.56 Å². The number of benzene rings is 3. The number of carbonyl (C=O) groups excluding carboxylic acids is 3. The summed E-state index contributed by atoms with van der Waals surface area (Å²) in [4.78, 5) is 39.8. The molecule has 3 amide bonds. The Morgan fingerprint density at radius 2 is 1.65 bits per heavy atom. The van der Waals surface area contributed by atoms with Crippen molar-refractivity contribution in [3.05, 3.63) is 89.7 Å². The van der Waals surface area contributed by atoms with Crippen molar-refractivity contribution in [3.63, 3.8) is 0 Å². The van der Waals surface area contributed by atoms with Crippen molar-refractivity contribution in [2.24, 2.45) is 0 Å². The SMILES string of the molecule is CC(C)(C)OC(=O)N1C[C@H](NC(=O)Nc2ccccc2F)[C@@H](OC(=O)c2cccc(-c3ccc(F)cc3F)c2)C1. The normalized spacial score (nSPS) is 16.8. The lowest BCUT2D eigenvalue weighted by Crippen LogP contribution is -2.46. The van der Waals surface area contributed by atoms with Crippen LogP contribution in [0.1, 0.15) is 31.1 Å². The minimum atomic E-state index is -0.988. The number of nitrogens with one attached hydrogen (secondary N) is 2. The summed E-state index contributed by atoms with van der Waals surface area (Å²) in [6, 6.07) is 13.0. The number of rotatable bonds is 5. The molecule has 1 fully saturated rings. The number of likely N-dealkylation sites (tertiary alicyclic amines) is 1. The van der Waals surface area contributed by atoms with Gasteiger partial charge in [0, 0.05) is 18.2 Å². The molecule has 3 aromatic rings. The van der Waals surface area contributed by atoms with Gasteiger partial charge in [-0.1, -0.05) is 24.3 Å². The molecule has 2 atom stereocenters. The Bertz CT molecular complexity index is 1430. The van der Waals surface area contributed by atoms with Gasteiger partial charge in [0.25, 0.3) is 0 Å². The number of urea groups is 1. The van der Waals surface area contributed by atoms with Crippen molar-refractivity contribution >= 4 is 23.8 Å². The topological polar surface area (TPSA) is 97.0 Å². The summed E-state index contributed by atoms with van der Waals surface area (Å²) < 4.78 is 52.7. The standard InChI is InChI=1S/C29H28F3N3O5/c1-29(2,3)40-28(38)35-15-24(34-27(37)33-23-10-5-4-9-21(23)31)25(16-35)39-26(36)18-8-6-7-17(13-18)20-12-11-19(30)14-22(20)32/h4-14,24-25H,15-16H2,1-3H3,(H2,33,34,37)/t24-,25-/m0/s1. The summed E-state index contributed by atoms with van der Waals surface area (Å²) in [5.41, 5.74) is -0.343. The van der Waals surface area contributed by atoms with Gasteiger partial charge in [-0.05, 0) is 62.7 Å². The highest BCUT2D eigenvalue weighted by Crippen LogP contribution is 2.26. The van der Waals surface area contributed by atoms with Crippen molar-refractivity contribution in [1.29, 1.82) is 0 Å². The second kappa shape index (κ2) is 11.7. The molecular weight excluding hydrogens is 527 g/mol. The van der Waals surface area contributed by atoms with E-state index in [1.807, 2.05) is 0 Å². The second-order valence-corrected chi connectivity index (χ2v) is 10.2. The number of hydrogen-bond donors (Lipinski definition) is 2. The van der Waals surface area contributed by atoms with Gasteiger partial charge in [0.05, 0.1) is 23.8 Å². The molecule has 8 nitrogen and oxygen atoms in total. The molecule has 0 radical (unpaired) electrons. The molecule has 210 valence electrons. The molecule has 0 aliphatic carbocycles. The number of hydrogen-bond acceptors (Lipinski definition) is 5. The molecule has 1 saturated heterocycles. The Morgan fingerprint density at radius 1 is 0.900 bits per heavy atom. The molecule has 3 aromatic carbocycles. The molecular formula is C29H28F3N3O5. The highest BCUT2D eigenvalue weighted by atomic mass is 19.1. The van der Waals surface area contributed by atoms with E-state index < -0.39 is 53.3 Å². The third kappa shape index (κ3) is 7.10. The smallest absolute Gasteiger partial charge is 0.410 e. The number of halogens is 3. The summed E-state index contributed by atoms with van der Waals surface area (Å²) >= 11 is 0. The van der Waals surface area contributed by atoms with Crippen LogP contribution in [0.5, 0.6) is 0 Å². The van der Waals surface area contributed by atoms with Crippen molar-refractivity contribution < 1.29 is 37.0 Å². The fraction of sp³-hybridized carbons (Fsp3) is 0.276. The second-order valence-electron chi connectivity index (χ2n) is 10.2. The zero-order valence-corrected chi connectivity index (χ0v) is 22.0. The molecule has 1 aliphatic heterocycles. The van der Waals surface area contributed by atoms with Crippen LogP contribution in [0, 0.1) is 17.5 Å². The molecule has 0 unspecified atom stereocenters. The maximum absolute atomic E-state index is 14.3. The number of esters is 1. The zero-order chi connectivity index (χ0) is 29.0. The van der Waals surface area contributed by atoms with Gasteiger partial charge in [-0.15, -0.1) is 0 Å². The van der Waals surface area contributed by atoms with Crippen LogP contribution in [-0.2, 0) is 9.47 Å². The largest absolute Gasteiger partial charge is 0.455 e. The Morgan fingerprint density at radius 3 is 2.35 bits per heavy atom. The fourth-order valence-electron chi connectivity index (χ4n) is 4.14. The van der Waals surface area contributed by atoms with Crippen molar-refractivity contribution in [3.8, 4) is 11.1 Å². The highest BCUT2D eigenvalue weighted by molar-refractivity contribution is 5.92. The van der Waals surface area contributed by atoms with Crippen LogP contribution in [0.15, 0.2) is 66.7 Å². The van der Waals surface area contributed by atoms with E-state index in [1.54, 1.807) is 32.9 Å². The lowest BCUT2D eigenvalue weighted by atomic mass is 10.0. The predicted molar refractivity (Wildman–Crippen MR) is 141 cm³/mol. The van der Waals surface area contributed by atoms with E-state index in [2.05, 4.69) is 10.6 Å². The van der Waals surface area contributed by atoms with Crippen molar-refractivity contribution in [2.45, 2.75) is 38.5 Å². The summed E-state index contributed by atoms with van der Waals surface area (Å²) in [5, 5.41) is 5.03. The first-order chi connectivity index (χ1) is 18.9. The Balaban J connectivity index is 1.52. The third-order valence-electron chi connectivity index (χ3n) is 5.96. The average Bonchev–Trinajstić information content (AvgIpc) is 3.26. The van der Waals surface area contributed by atoms with E-state index >= 15 is 0 Å². The minimum Gasteiger partial charge on any atom is -0.455 e. The molecule has 11 heteroatoms. The average molecular weight is 556 g/mol. The highest BCUT2D eigenvalue weighted by Gasteiger charge is 2.40. The lowest BCUT2D eigenvalue weighted by molar-refractivity contribution is 0.0180. The first-order valence-corrected chi connectivity index (χ1v) is 12.5. The van der Waals surface area contributed by atoms with Gasteiger partial charge >= 0.3 is 18.1 Å². The number of para-hydroxylation sites is 1. The molecule has 0 bridgehead atoms. The van der Waals surface area contributed by atoms with Crippen LogP contribution in [0.2, 0.25) is 0 Å². The molecule has 1 aliphatic rings. The summed E-state index contributed by atoms with van der Waals surface area (Å²) in [6.07, 6.45) is -1.65. The molecule has 0 aromatic heterocycles. The van der Waals surface area contributed by atoms with Crippen LogP contribution in [-0.4, -0.2) is 53.8 Å². The number of nitrogens with zero attached hydrogens (tertiary/aromatic N) is 1. The van der Waals surface area contributed by atoms with Crippen molar-refractivity contribution in [2.75, 3.05) is 18.4 Å². The Hall–Kier alpha value is -4.54. The maximum Gasteiger partial charge on any atom is 0.410 e.